The molecule has 0 bridgehead atoms. The second-order valence-corrected chi connectivity index (χ2v) is 2.98. The lowest BCUT2D eigenvalue weighted by Gasteiger charge is -1.94. The second kappa shape index (κ2) is 3.83. The van der Waals surface area contributed by atoms with Crippen LogP contribution in [0, 0.1) is 0 Å². The first-order valence-corrected chi connectivity index (χ1v) is 4.33. The second-order valence-electron chi connectivity index (χ2n) is 2.98. The maximum absolute atomic E-state index is 8.76. The van der Waals surface area contributed by atoms with Crippen molar-refractivity contribution in [3.63, 3.8) is 0 Å². The highest BCUT2D eigenvalue weighted by molar-refractivity contribution is 6.40. The molecule has 76 valence electrons. The normalized spacial score (nSPS) is 12.7. The van der Waals surface area contributed by atoms with Crippen LogP contribution in [0.15, 0.2) is 40.8 Å². The molecule has 0 saturated heterocycles. The largest absolute Gasteiger partial charge is 0.411 e. The van der Waals surface area contributed by atoms with E-state index in [2.05, 4.69) is 15.3 Å². The highest BCUT2D eigenvalue weighted by Gasteiger charge is 2.08. The van der Waals surface area contributed by atoms with E-state index in [1.807, 2.05) is 24.3 Å². The summed E-state index contributed by atoms with van der Waals surface area (Å²) in [5.41, 5.74) is 1.82. The van der Waals surface area contributed by atoms with Crippen LogP contribution in [0.1, 0.15) is 5.56 Å². The predicted molar refractivity (Wildman–Crippen MR) is 56.9 cm³/mol. The maximum Gasteiger partial charge on any atom is 0.133 e. The lowest BCUT2D eigenvalue weighted by atomic mass is 10.1. The molecule has 2 aromatic rings. The van der Waals surface area contributed by atoms with Crippen molar-refractivity contribution in [1.82, 2.24) is 4.98 Å². The van der Waals surface area contributed by atoms with E-state index in [0.717, 1.165) is 17.1 Å². The summed E-state index contributed by atoms with van der Waals surface area (Å²) < 4.78 is 0. The van der Waals surface area contributed by atoms with E-state index in [9.17, 15) is 0 Å². The standard InChI is InChI=1S/C10H9N3O2/c14-12-6-10(13-15)8-5-11-9-4-2-1-3-7(8)9/h1-6,11,14-15H. The van der Waals surface area contributed by atoms with Gasteiger partial charge in [-0.15, -0.1) is 0 Å². The third kappa shape index (κ3) is 1.54. The van der Waals surface area contributed by atoms with Gasteiger partial charge in [-0.25, -0.2) is 0 Å². The molecular weight excluding hydrogens is 194 g/mol. The summed E-state index contributed by atoms with van der Waals surface area (Å²) in [5, 5.41) is 24.0. The van der Waals surface area contributed by atoms with Gasteiger partial charge in [-0.05, 0) is 6.07 Å². The van der Waals surface area contributed by atoms with Crippen molar-refractivity contribution in [2.75, 3.05) is 0 Å². The van der Waals surface area contributed by atoms with Crippen LogP contribution in [0.25, 0.3) is 10.9 Å². The highest BCUT2D eigenvalue weighted by Crippen LogP contribution is 2.17. The Hall–Kier alpha value is -2.30. The Balaban J connectivity index is 2.61. The third-order valence-electron chi connectivity index (χ3n) is 2.15. The lowest BCUT2D eigenvalue weighted by molar-refractivity contribution is 0.316. The molecular formula is C10H9N3O2. The van der Waals surface area contributed by atoms with Crippen molar-refractivity contribution in [2.45, 2.75) is 0 Å². The van der Waals surface area contributed by atoms with E-state index in [1.165, 1.54) is 0 Å². The average molecular weight is 203 g/mol. The van der Waals surface area contributed by atoms with Crippen molar-refractivity contribution in [1.29, 1.82) is 0 Å². The Morgan fingerprint density at radius 2 is 2.07 bits per heavy atom. The number of para-hydroxylation sites is 1. The maximum atomic E-state index is 8.76. The zero-order valence-corrected chi connectivity index (χ0v) is 7.75. The average Bonchev–Trinajstić information content (AvgIpc) is 2.70. The summed E-state index contributed by atoms with van der Waals surface area (Å²) in [4.78, 5) is 3.03. The molecule has 0 aliphatic carbocycles. The molecule has 5 heteroatoms. The summed E-state index contributed by atoms with van der Waals surface area (Å²) >= 11 is 0. The van der Waals surface area contributed by atoms with Gasteiger partial charge in [0.2, 0.25) is 0 Å². The number of hydrogen-bond acceptors (Lipinski definition) is 4. The molecule has 2 rings (SSSR count). The molecule has 0 radical (unpaired) electrons. The van der Waals surface area contributed by atoms with Gasteiger partial charge in [-0.1, -0.05) is 28.5 Å². The van der Waals surface area contributed by atoms with Crippen molar-refractivity contribution < 1.29 is 10.4 Å². The minimum absolute atomic E-state index is 0.204. The summed E-state index contributed by atoms with van der Waals surface area (Å²) in [6, 6.07) is 7.57. The zero-order valence-electron chi connectivity index (χ0n) is 7.75. The summed E-state index contributed by atoms with van der Waals surface area (Å²) in [6.07, 6.45) is 2.77. The van der Waals surface area contributed by atoms with Crippen LogP contribution in [0.3, 0.4) is 0 Å². The van der Waals surface area contributed by atoms with Gasteiger partial charge in [0.15, 0.2) is 0 Å². The SMILES string of the molecule is ON=CC(=NO)c1c[nH]c2ccccc12. The molecule has 0 amide bonds. The molecule has 0 atom stereocenters. The predicted octanol–water partition coefficient (Wildman–Crippen LogP) is 1.81. The van der Waals surface area contributed by atoms with Gasteiger partial charge in [-0.3, -0.25) is 0 Å². The number of nitrogens with one attached hydrogen (secondary N) is 1. The number of rotatable bonds is 2. The van der Waals surface area contributed by atoms with Crippen molar-refractivity contribution >= 4 is 22.8 Å². The first-order valence-electron chi connectivity index (χ1n) is 4.33. The number of aromatic amines is 1. The third-order valence-corrected chi connectivity index (χ3v) is 2.15. The number of H-pyrrole nitrogens is 1. The van der Waals surface area contributed by atoms with Gasteiger partial charge in [-0.2, -0.15) is 0 Å². The molecule has 0 spiro atoms. The number of aromatic nitrogens is 1. The molecule has 1 aromatic heterocycles. The molecule has 1 heterocycles. The molecule has 15 heavy (non-hydrogen) atoms. The molecule has 0 unspecified atom stereocenters. The van der Waals surface area contributed by atoms with Crippen LogP contribution in [0.2, 0.25) is 0 Å². The number of hydrogen-bond donors (Lipinski definition) is 3. The Kier molecular flexibility index (Phi) is 2.37. The van der Waals surface area contributed by atoms with Gasteiger partial charge in [0.25, 0.3) is 0 Å². The minimum Gasteiger partial charge on any atom is -0.411 e. The van der Waals surface area contributed by atoms with E-state index < -0.39 is 0 Å². The van der Waals surface area contributed by atoms with E-state index in [-0.39, 0.29) is 5.71 Å². The van der Waals surface area contributed by atoms with Crippen LogP contribution >= 0.6 is 0 Å². The Morgan fingerprint density at radius 1 is 1.27 bits per heavy atom. The first kappa shape index (κ1) is 9.26. The fraction of sp³-hybridized carbons (Fsp3) is 0. The quantitative estimate of drug-likeness (QED) is 0.395. The summed E-state index contributed by atoms with van der Waals surface area (Å²) in [5.74, 6) is 0. The van der Waals surface area contributed by atoms with Crippen LogP contribution in [-0.2, 0) is 0 Å². The molecule has 0 fully saturated rings. The van der Waals surface area contributed by atoms with Crippen molar-refractivity contribution in [3.05, 3.63) is 36.0 Å². The number of fused-ring (bicyclic) bond motifs is 1. The van der Waals surface area contributed by atoms with E-state index in [0.29, 0.717) is 5.56 Å². The van der Waals surface area contributed by atoms with Crippen molar-refractivity contribution in [2.24, 2.45) is 10.3 Å². The number of nitrogens with zero attached hydrogens (tertiary/aromatic N) is 2. The molecule has 0 aliphatic rings. The first-order chi connectivity index (χ1) is 7.36. The molecule has 1 aromatic carbocycles. The fourth-order valence-corrected chi connectivity index (χ4v) is 1.49. The highest BCUT2D eigenvalue weighted by atomic mass is 16.4. The summed E-state index contributed by atoms with van der Waals surface area (Å²) in [7, 11) is 0. The smallest absolute Gasteiger partial charge is 0.133 e. The van der Waals surface area contributed by atoms with Crippen molar-refractivity contribution in [3.8, 4) is 0 Å². The molecule has 5 nitrogen and oxygen atoms in total. The van der Waals surface area contributed by atoms with Crippen LogP contribution < -0.4 is 0 Å². The number of oxime groups is 2. The van der Waals surface area contributed by atoms with E-state index in [1.54, 1.807) is 6.20 Å². The van der Waals surface area contributed by atoms with Gasteiger partial charge in [0, 0.05) is 22.7 Å². The topological polar surface area (TPSA) is 81.0 Å². The number of benzene rings is 1. The van der Waals surface area contributed by atoms with Gasteiger partial charge in [0.1, 0.15) is 5.71 Å². The van der Waals surface area contributed by atoms with E-state index >= 15 is 0 Å². The van der Waals surface area contributed by atoms with Gasteiger partial charge >= 0.3 is 0 Å². The Labute approximate surface area is 85.3 Å². The van der Waals surface area contributed by atoms with E-state index in [4.69, 9.17) is 10.4 Å². The van der Waals surface area contributed by atoms with Crippen LogP contribution in [0.5, 0.6) is 0 Å². The fourth-order valence-electron chi connectivity index (χ4n) is 1.49. The Bertz CT molecular complexity index is 528. The zero-order chi connectivity index (χ0) is 10.7. The minimum atomic E-state index is 0.204. The molecule has 3 N–H and O–H groups in total. The molecule has 0 aliphatic heterocycles. The molecule has 0 saturated carbocycles. The lowest BCUT2D eigenvalue weighted by Crippen LogP contribution is -2.01. The Morgan fingerprint density at radius 3 is 2.80 bits per heavy atom. The van der Waals surface area contributed by atoms with Gasteiger partial charge in [0.05, 0.1) is 6.21 Å². The van der Waals surface area contributed by atoms with Crippen LogP contribution in [0.4, 0.5) is 0 Å². The monoisotopic (exact) mass is 203 g/mol. The summed E-state index contributed by atoms with van der Waals surface area (Å²) in [6.45, 7) is 0. The van der Waals surface area contributed by atoms with Crippen LogP contribution in [-0.4, -0.2) is 27.3 Å². The van der Waals surface area contributed by atoms with Gasteiger partial charge < -0.3 is 15.4 Å².